The van der Waals surface area contributed by atoms with E-state index in [1.807, 2.05) is 0 Å². The van der Waals surface area contributed by atoms with Crippen LogP contribution < -0.4 is 11.5 Å². The van der Waals surface area contributed by atoms with Crippen LogP contribution in [-0.4, -0.2) is 0 Å². The average Bonchev–Trinajstić information content (AvgIpc) is 2.61. The number of anilines is 2. The Bertz CT molecular complexity index is 255. The van der Waals surface area contributed by atoms with Gasteiger partial charge in [-0.1, -0.05) is 12.8 Å². The summed E-state index contributed by atoms with van der Waals surface area (Å²) >= 11 is 1.66. The first-order valence-electron chi connectivity index (χ1n) is 4.42. The quantitative estimate of drug-likeness (QED) is 0.701. The molecule has 2 rings (SSSR count). The Labute approximate surface area is 76.6 Å². The van der Waals surface area contributed by atoms with E-state index < -0.39 is 0 Å². The molecule has 3 heteroatoms. The molecule has 12 heavy (non-hydrogen) atoms. The van der Waals surface area contributed by atoms with Crippen molar-refractivity contribution in [2.45, 2.75) is 31.6 Å². The minimum absolute atomic E-state index is 0.745. The van der Waals surface area contributed by atoms with Crippen molar-refractivity contribution in [2.75, 3.05) is 11.5 Å². The third-order valence-corrected chi connectivity index (χ3v) is 3.71. The molecule has 1 aliphatic carbocycles. The van der Waals surface area contributed by atoms with Gasteiger partial charge in [0.05, 0.1) is 5.69 Å². The van der Waals surface area contributed by atoms with Gasteiger partial charge in [0, 0.05) is 4.88 Å². The molecule has 1 saturated carbocycles. The van der Waals surface area contributed by atoms with Gasteiger partial charge in [-0.15, -0.1) is 11.3 Å². The number of nitrogen functional groups attached to an aromatic ring is 2. The van der Waals surface area contributed by atoms with E-state index in [2.05, 4.69) is 6.07 Å². The molecule has 4 N–H and O–H groups in total. The van der Waals surface area contributed by atoms with E-state index >= 15 is 0 Å². The van der Waals surface area contributed by atoms with Gasteiger partial charge in [-0.2, -0.15) is 0 Å². The predicted molar refractivity (Wildman–Crippen MR) is 54.4 cm³/mol. The molecule has 1 aromatic rings. The molecule has 0 bridgehead atoms. The number of thiophene rings is 1. The Kier molecular flexibility index (Phi) is 1.97. The largest absolute Gasteiger partial charge is 0.396 e. The standard InChI is InChI=1S/C9H14N2S/c10-7-5-8(12-9(7)11)6-3-1-2-4-6/h5-6H,1-4,10-11H2. The lowest BCUT2D eigenvalue weighted by Gasteiger charge is -2.03. The molecular weight excluding hydrogens is 168 g/mol. The van der Waals surface area contributed by atoms with Gasteiger partial charge in [-0.05, 0) is 24.8 Å². The van der Waals surface area contributed by atoms with Crippen LogP contribution in [0.15, 0.2) is 6.07 Å². The van der Waals surface area contributed by atoms with E-state index in [4.69, 9.17) is 11.5 Å². The highest BCUT2D eigenvalue weighted by molar-refractivity contribution is 7.16. The third kappa shape index (κ3) is 1.29. The van der Waals surface area contributed by atoms with Crippen molar-refractivity contribution < 1.29 is 0 Å². The maximum atomic E-state index is 5.70. The van der Waals surface area contributed by atoms with Crippen LogP contribution in [0.2, 0.25) is 0 Å². The van der Waals surface area contributed by atoms with Crippen LogP contribution in [0, 0.1) is 0 Å². The summed E-state index contributed by atoms with van der Waals surface area (Å²) in [6.07, 6.45) is 5.36. The lowest BCUT2D eigenvalue weighted by molar-refractivity contribution is 0.738. The SMILES string of the molecule is Nc1cc(C2CCCC2)sc1N. The topological polar surface area (TPSA) is 52.0 Å². The van der Waals surface area contributed by atoms with Gasteiger partial charge in [-0.25, -0.2) is 0 Å². The average molecular weight is 182 g/mol. The molecule has 0 saturated heterocycles. The Morgan fingerprint density at radius 2 is 1.92 bits per heavy atom. The van der Waals surface area contributed by atoms with Crippen molar-refractivity contribution in [3.63, 3.8) is 0 Å². The zero-order valence-electron chi connectivity index (χ0n) is 7.05. The summed E-state index contributed by atoms with van der Waals surface area (Å²) in [5, 5.41) is 0.789. The summed E-state index contributed by atoms with van der Waals surface area (Å²) < 4.78 is 0. The van der Waals surface area contributed by atoms with E-state index in [0.717, 1.165) is 16.6 Å². The zero-order chi connectivity index (χ0) is 8.55. The van der Waals surface area contributed by atoms with Crippen molar-refractivity contribution in [3.05, 3.63) is 10.9 Å². The number of hydrogen-bond acceptors (Lipinski definition) is 3. The molecule has 0 unspecified atom stereocenters. The van der Waals surface area contributed by atoms with Gasteiger partial charge >= 0.3 is 0 Å². The molecule has 2 nitrogen and oxygen atoms in total. The summed E-state index contributed by atoms with van der Waals surface area (Å²) in [7, 11) is 0. The molecule has 1 heterocycles. The molecule has 1 aliphatic rings. The molecule has 0 aliphatic heterocycles. The van der Waals surface area contributed by atoms with Crippen LogP contribution >= 0.6 is 11.3 Å². The van der Waals surface area contributed by atoms with E-state index in [-0.39, 0.29) is 0 Å². The highest BCUT2D eigenvalue weighted by Crippen LogP contribution is 2.40. The molecule has 0 aromatic carbocycles. The number of rotatable bonds is 1. The summed E-state index contributed by atoms with van der Waals surface area (Å²) in [4.78, 5) is 1.39. The molecular formula is C9H14N2S. The maximum Gasteiger partial charge on any atom is 0.109 e. The van der Waals surface area contributed by atoms with Crippen LogP contribution in [0.4, 0.5) is 10.7 Å². The number of hydrogen-bond donors (Lipinski definition) is 2. The Balaban J connectivity index is 2.21. The van der Waals surface area contributed by atoms with Crippen molar-refractivity contribution in [1.82, 2.24) is 0 Å². The van der Waals surface area contributed by atoms with Crippen molar-refractivity contribution in [3.8, 4) is 0 Å². The second-order valence-electron chi connectivity index (χ2n) is 3.45. The van der Waals surface area contributed by atoms with Crippen LogP contribution in [0.5, 0.6) is 0 Å². The fraction of sp³-hybridized carbons (Fsp3) is 0.556. The summed E-state index contributed by atoms with van der Waals surface area (Å²) in [6, 6.07) is 2.05. The first-order chi connectivity index (χ1) is 5.77. The first kappa shape index (κ1) is 7.92. The van der Waals surface area contributed by atoms with E-state index in [9.17, 15) is 0 Å². The van der Waals surface area contributed by atoms with Gasteiger partial charge in [0.15, 0.2) is 0 Å². The van der Waals surface area contributed by atoms with Gasteiger partial charge in [-0.3, -0.25) is 0 Å². The second-order valence-corrected chi connectivity index (χ2v) is 4.57. The van der Waals surface area contributed by atoms with Gasteiger partial charge in [0.2, 0.25) is 0 Å². The summed E-state index contributed by atoms with van der Waals surface area (Å²) in [5.41, 5.74) is 12.2. The Morgan fingerprint density at radius 1 is 1.25 bits per heavy atom. The van der Waals surface area contributed by atoms with Gasteiger partial charge in [0.25, 0.3) is 0 Å². The molecule has 1 fully saturated rings. The van der Waals surface area contributed by atoms with Crippen LogP contribution in [-0.2, 0) is 0 Å². The van der Waals surface area contributed by atoms with Crippen LogP contribution in [0.25, 0.3) is 0 Å². The van der Waals surface area contributed by atoms with Crippen LogP contribution in [0.1, 0.15) is 36.5 Å². The van der Waals surface area contributed by atoms with Crippen molar-refractivity contribution in [2.24, 2.45) is 0 Å². The van der Waals surface area contributed by atoms with Crippen LogP contribution in [0.3, 0.4) is 0 Å². The van der Waals surface area contributed by atoms with E-state index in [1.54, 1.807) is 11.3 Å². The monoisotopic (exact) mass is 182 g/mol. The minimum atomic E-state index is 0.745. The highest BCUT2D eigenvalue weighted by atomic mass is 32.1. The molecule has 1 aromatic heterocycles. The molecule has 0 radical (unpaired) electrons. The predicted octanol–water partition coefficient (Wildman–Crippen LogP) is 2.57. The smallest absolute Gasteiger partial charge is 0.109 e. The third-order valence-electron chi connectivity index (χ3n) is 2.57. The molecule has 66 valence electrons. The fourth-order valence-corrected chi connectivity index (χ4v) is 2.87. The molecule has 0 atom stereocenters. The lowest BCUT2D eigenvalue weighted by Crippen LogP contribution is -1.87. The lowest BCUT2D eigenvalue weighted by atomic mass is 10.1. The normalized spacial score (nSPS) is 18.7. The zero-order valence-corrected chi connectivity index (χ0v) is 7.86. The summed E-state index contributed by atoms with van der Waals surface area (Å²) in [6.45, 7) is 0. The van der Waals surface area contributed by atoms with Gasteiger partial charge < -0.3 is 11.5 Å². The Hall–Kier alpha value is -0.700. The summed E-state index contributed by atoms with van der Waals surface area (Å²) in [5.74, 6) is 0.745. The number of nitrogens with two attached hydrogens (primary N) is 2. The molecule has 0 amide bonds. The highest BCUT2D eigenvalue weighted by Gasteiger charge is 2.19. The van der Waals surface area contributed by atoms with Crippen molar-refractivity contribution >= 4 is 22.0 Å². The maximum absolute atomic E-state index is 5.70. The second kappa shape index (κ2) is 2.98. The fourth-order valence-electron chi connectivity index (χ4n) is 1.85. The minimum Gasteiger partial charge on any atom is -0.396 e. The van der Waals surface area contributed by atoms with E-state index in [0.29, 0.717) is 0 Å². The van der Waals surface area contributed by atoms with Crippen molar-refractivity contribution in [1.29, 1.82) is 0 Å². The molecule has 0 spiro atoms. The van der Waals surface area contributed by atoms with Gasteiger partial charge in [0.1, 0.15) is 5.00 Å². The first-order valence-corrected chi connectivity index (χ1v) is 5.23. The Morgan fingerprint density at radius 3 is 2.42 bits per heavy atom. The van der Waals surface area contributed by atoms with E-state index in [1.165, 1.54) is 30.6 Å².